The Hall–Kier alpha value is -1.55. The Balaban J connectivity index is 2.97. The average molecular weight is 179 g/mol. The van der Waals surface area contributed by atoms with Crippen LogP contribution >= 0.6 is 0 Å². The topological polar surface area (TPSA) is 74.2 Å². The first-order valence-electron chi connectivity index (χ1n) is 3.95. The van der Waals surface area contributed by atoms with E-state index in [9.17, 15) is 0 Å². The summed E-state index contributed by atoms with van der Waals surface area (Å²) in [7, 11) is 1.56. The van der Waals surface area contributed by atoms with E-state index in [2.05, 4.69) is 4.98 Å². The maximum absolute atomic E-state index is 5.67. The minimum atomic E-state index is 0.471. The number of nitrogen functional groups attached to an aromatic ring is 1. The number of pyridine rings is 1. The zero-order chi connectivity index (χ0) is 9.68. The Morgan fingerprint density at radius 1 is 1.54 bits per heavy atom. The van der Waals surface area contributed by atoms with E-state index in [4.69, 9.17) is 16.2 Å². The summed E-state index contributed by atoms with van der Waals surface area (Å²) in [5.74, 6) is 0.547. The maximum atomic E-state index is 5.67. The van der Waals surface area contributed by atoms with Gasteiger partial charge in [0.2, 0.25) is 5.88 Å². The van der Waals surface area contributed by atoms with Crippen molar-refractivity contribution in [2.75, 3.05) is 19.4 Å². The van der Waals surface area contributed by atoms with Crippen molar-refractivity contribution in [1.82, 2.24) is 4.98 Å². The summed E-state index contributed by atoms with van der Waals surface area (Å²) >= 11 is 0. The van der Waals surface area contributed by atoms with Gasteiger partial charge in [-0.2, -0.15) is 0 Å². The second-order valence-electron chi connectivity index (χ2n) is 2.47. The summed E-state index contributed by atoms with van der Waals surface area (Å²) in [4.78, 5) is 4.14. The molecule has 1 aromatic heterocycles. The van der Waals surface area contributed by atoms with Crippen LogP contribution in [-0.4, -0.2) is 18.6 Å². The number of rotatable bonds is 3. The molecular weight excluding hydrogens is 166 g/mol. The maximum Gasteiger partial charge on any atom is 0.213 e. The molecular formula is C9H13N3O. The minimum Gasteiger partial charge on any atom is -0.481 e. The van der Waals surface area contributed by atoms with Crippen molar-refractivity contribution in [3.05, 3.63) is 23.9 Å². The van der Waals surface area contributed by atoms with Gasteiger partial charge in [0.25, 0.3) is 0 Å². The highest BCUT2D eigenvalue weighted by Crippen LogP contribution is 2.15. The molecule has 0 atom stereocenters. The fourth-order valence-electron chi connectivity index (χ4n) is 0.894. The number of hydrogen-bond acceptors (Lipinski definition) is 4. The van der Waals surface area contributed by atoms with E-state index in [-0.39, 0.29) is 0 Å². The molecule has 0 bridgehead atoms. The van der Waals surface area contributed by atoms with Crippen LogP contribution in [-0.2, 0) is 0 Å². The van der Waals surface area contributed by atoms with E-state index in [1.807, 2.05) is 0 Å². The molecule has 4 nitrogen and oxygen atoms in total. The molecule has 4 N–H and O–H groups in total. The molecule has 1 aromatic rings. The number of nitrogens with two attached hydrogens (primary N) is 2. The van der Waals surface area contributed by atoms with Crippen LogP contribution < -0.4 is 16.2 Å². The van der Waals surface area contributed by atoms with Crippen molar-refractivity contribution in [1.29, 1.82) is 0 Å². The Kier molecular flexibility index (Phi) is 3.28. The predicted molar refractivity (Wildman–Crippen MR) is 53.3 cm³/mol. The van der Waals surface area contributed by atoms with Crippen molar-refractivity contribution in [2.24, 2.45) is 5.73 Å². The molecule has 0 radical (unpaired) electrons. The summed E-state index contributed by atoms with van der Waals surface area (Å²) in [6.45, 7) is 0.471. The van der Waals surface area contributed by atoms with Crippen LogP contribution in [0, 0.1) is 0 Å². The molecule has 0 aliphatic rings. The van der Waals surface area contributed by atoms with Crippen molar-refractivity contribution < 1.29 is 4.74 Å². The Morgan fingerprint density at radius 2 is 2.31 bits per heavy atom. The van der Waals surface area contributed by atoms with Crippen LogP contribution in [0.5, 0.6) is 5.88 Å². The van der Waals surface area contributed by atoms with Gasteiger partial charge in [-0.1, -0.05) is 6.08 Å². The first kappa shape index (κ1) is 9.54. The molecule has 4 heteroatoms. The van der Waals surface area contributed by atoms with Crippen LogP contribution in [0.1, 0.15) is 5.69 Å². The molecule has 1 heterocycles. The summed E-state index contributed by atoms with van der Waals surface area (Å²) in [5.41, 5.74) is 12.3. The number of hydrogen-bond donors (Lipinski definition) is 2. The van der Waals surface area contributed by atoms with Crippen LogP contribution in [0.3, 0.4) is 0 Å². The van der Waals surface area contributed by atoms with Crippen LogP contribution in [0.25, 0.3) is 6.08 Å². The van der Waals surface area contributed by atoms with E-state index in [0.29, 0.717) is 23.8 Å². The normalized spacial score (nSPS) is 10.6. The molecule has 13 heavy (non-hydrogen) atoms. The molecule has 0 amide bonds. The zero-order valence-electron chi connectivity index (χ0n) is 7.53. The molecule has 0 saturated carbocycles. The Labute approximate surface area is 77.2 Å². The van der Waals surface area contributed by atoms with Gasteiger partial charge in [0, 0.05) is 12.6 Å². The molecule has 0 saturated heterocycles. The molecule has 0 aromatic carbocycles. The number of ether oxygens (including phenoxy) is 1. The number of nitrogens with zero attached hydrogens (tertiary/aromatic N) is 1. The van der Waals surface area contributed by atoms with Gasteiger partial charge in [-0.3, -0.25) is 0 Å². The van der Waals surface area contributed by atoms with Gasteiger partial charge in [0.05, 0.1) is 18.5 Å². The molecule has 70 valence electrons. The average Bonchev–Trinajstić information content (AvgIpc) is 2.17. The smallest absolute Gasteiger partial charge is 0.213 e. The van der Waals surface area contributed by atoms with Gasteiger partial charge in [-0.25, -0.2) is 4.98 Å². The highest BCUT2D eigenvalue weighted by molar-refractivity contribution is 5.61. The van der Waals surface area contributed by atoms with Crippen LogP contribution in [0.15, 0.2) is 18.2 Å². The SMILES string of the molecule is COc1ccc(N)c(C=CCN)n1. The molecule has 1 rings (SSSR count). The van der Waals surface area contributed by atoms with Crippen molar-refractivity contribution in [3.63, 3.8) is 0 Å². The number of anilines is 1. The third-order valence-electron chi connectivity index (χ3n) is 1.55. The van der Waals surface area contributed by atoms with E-state index in [0.717, 1.165) is 0 Å². The third-order valence-corrected chi connectivity index (χ3v) is 1.55. The summed E-state index contributed by atoms with van der Waals surface area (Å²) < 4.78 is 4.96. The van der Waals surface area contributed by atoms with Gasteiger partial charge in [0.1, 0.15) is 0 Å². The first-order valence-corrected chi connectivity index (χ1v) is 3.95. The largest absolute Gasteiger partial charge is 0.481 e. The van der Waals surface area contributed by atoms with Gasteiger partial charge in [-0.15, -0.1) is 0 Å². The van der Waals surface area contributed by atoms with E-state index in [1.54, 1.807) is 31.4 Å². The Morgan fingerprint density at radius 3 is 2.92 bits per heavy atom. The fourth-order valence-corrected chi connectivity index (χ4v) is 0.894. The predicted octanol–water partition coefficient (Wildman–Crippen LogP) is 0.644. The first-order chi connectivity index (χ1) is 6.27. The lowest BCUT2D eigenvalue weighted by Crippen LogP contribution is -1.97. The molecule has 0 spiro atoms. The standard InChI is InChI=1S/C9H13N3O/c1-13-9-5-4-7(11)8(12-9)3-2-6-10/h2-5H,6,10-11H2,1H3. The van der Waals surface area contributed by atoms with Crippen molar-refractivity contribution in [3.8, 4) is 5.88 Å². The van der Waals surface area contributed by atoms with Crippen LogP contribution in [0.4, 0.5) is 5.69 Å². The van der Waals surface area contributed by atoms with Gasteiger partial charge >= 0.3 is 0 Å². The fraction of sp³-hybridized carbons (Fsp3) is 0.222. The quantitative estimate of drug-likeness (QED) is 0.714. The van der Waals surface area contributed by atoms with Crippen molar-refractivity contribution >= 4 is 11.8 Å². The lowest BCUT2D eigenvalue weighted by Gasteiger charge is -2.02. The summed E-state index contributed by atoms with van der Waals surface area (Å²) in [6.07, 6.45) is 3.57. The van der Waals surface area contributed by atoms with Gasteiger partial charge in [0.15, 0.2) is 0 Å². The van der Waals surface area contributed by atoms with E-state index < -0.39 is 0 Å². The van der Waals surface area contributed by atoms with E-state index in [1.165, 1.54) is 0 Å². The van der Waals surface area contributed by atoms with E-state index >= 15 is 0 Å². The molecule has 0 unspecified atom stereocenters. The highest BCUT2D eigenvalue weighted by atomic mass is 16.5. The monoisotopic (exact) mass is 179 g/mol. The lowest BCUT2D eigenvalue weighted by molar-refractivity contribution is 0.398. The lowest BCUT2D eigenvalue weighted by atomic mass is 10.3. The van der Waals surface area contributed by atoms with Gasteiger partial charge in [-0.05, 0) is 12.1 Å². The van der Waals surface area contributed by atoms with Gasteiger partial charge < -0.3 is 16.2 Å². The molecule has 0 aliphatic carbocycles. The third kappa shape index (κ3) is 2.45. The molecule has 0 aliphatic heterocycles. The molecule has 0 fully saturated rings. The summed E-state index contributed by atoms with van der Waals surface area (Å²) in [5, 5.41) is 0. The second kappa shape index (κ2) is 4.47. The zero-order valence-corrected chi connectivity index (χ0v) is 7.53. The van der Waals surface area contributed by atoms with Crippen LogP contribution in [0.2, 0.25) is 0 Å². The second-order valence-corrected chi connectivity index (χ2v) is 2.47. The minimum absolute atomic E-state index is 0.471. The summed E-state index contributed by atoms with van der Waals surface area (Å²) in [6, 6.07) is 3.47. The number of methoxy groups -OCH3 is 1. The number of aromatic nitrogens is 1. The highest BCUT2D eigenvalue weighted by Gasteiger charge is 1.98. The Bertz CT molecular complexity index is 310. The van der Waals surface area contributed by atoms with Crippen molar-refractivity contribution in [2.45, 2.75) is 0 Å².